The fourth-order valence-electron chi connectivity index (χ4n) is 1.57. The van der Waals surface area contributed by atoms with E-state index in [1.165, 1.54) is 0 Å². The van der Waals surface area contributed by atoms with E-state index < -0.39 is 0 Å². The molecular weight excluding hydrogens is 276 g/mol. The van der Waals surface area contributed by atoms with Gasteiger partial charge in [-0.2, -0.15) is 0 Å². The second-order valence-electron chi connectivity index (χ2n) is 3.69. The van der Waals surface area contributed by atoms with Crippen LogP contribution in [0.5, 0.6) is 0 Å². The van der Waals surface area contributed by atoms with Crippen molar-refractivity contribution in [1.29, 1.82) is 0 Å². The van der Waals surface area contributed by atoms with E-state index in [0.717, 1.165) is 13.0 Å². The van der Waals surface area contributed by atoms with Gasteiger partial charge in [-0.05, 0) is 13.3 Å². The monoisotopic (exact) mass is 296 g/mol. The highest BCUT2D eigenvalue weighted by atomic mass is 79.9. The van der Waals surface area contributed by atoms with Crippen molar-refractivity contribution in [3.63, 3.8) is 0 Å². The van der Waals surface area contributed by atoms with Crippen LogP contribution in [0.15, 0.2) is 0 Å². The molecule has 0 radical (unpaired) electrons. The smallest absolute Gasteiger partial charge is 0.0963 e. The Kier molecular flexibility index (Phi) is 7.56. The summed E-state index contributed by atoms with van der Waals surface area (Å²) in [4.78, 5) is 0.404. The van der Waals surface area contributed by atoms with Gasteiger partial charge in [-0.1, -0.05) is 15.9 Å². The third kappa shape index (κ3) is 4.67. The highest BCUT2D eigenvalue weighted by Crippen LogP contribution is 2.33. The molecule has 0 aromatic rings. The van der Waals surface area contributed by atoms with Crippen molar-refractivity contribution >= 4 is 15.9 Å². The minimum atomic E-state index is 0.150. The highest BCUT2D eigenvalue weighted by molar-refractivity contribution is 9.09. The van der Waals surface area contributed by atoms with Gasteiger partial charge in [0.05, 0.1) is 38.6 Å². The van der Waals surface area contributed by atoms with Gasteiger partial charge in [-0.15, -0.1) is 0 Å². The molecule has 5 heteroatoms. The van der Waals surface area contributed by atoms with Crippen molar-refractivity contribution in [3.05, 3.63) is 0 Å². The van der Waals surface area contributed by atoms with Crippen molar-refractivity contribution in [1.82, 2.24) is 0 Å². The molecule has 1 aliphatic rings. The van der Waals surface area contributed by atoms with E-state index in [4.69, 9.17) is 18.9 Å². The molecule has 1 aliphatic carbocycles. The first-order valence-electron chi connectivity index (χ1n) is 5.73. The highest BCUT2D eigenvalue weighted by Gasteiger charge is 2.41. The molecule has 0 bridgehead atoms. The van der Waals surface area contributed by atoms with Crippen molar-refractivity contribution in [2.45, 2.75) is 30.4 Å². The summed E-state index contributed by atoms with van der Waals surface area (Å²) >= 11 is 3.56. The summed E-state index contributed by atoms with van der Waals surface area (Å²) < 4.78 is 21.5. The van der Waals surface area contributed by atoms with Gasteiger partial charge < -0.3 is 18.9 Å². The molecule has 0 aromatic heterocycles. The number of hydrogen-bond donors (Lipinski definition) is 0. The normalized spacial score (nSPS) is 29.1. The van der Waals surface area contributed by atoms with Crippen LogP contribution in [0.25, 0.3) is 0 Å². The summed E-state index contributed by atoms with van der Waals surface area (Å²) in [5.41, 5.74) is 0. The lowest BCUT2D eigenvalue weighted by Gasteiger charge is -2.40. The van der Waals surface area contributed by atoms with Crippen molar-refractivity contribution in [2.75, 3.05) is 40.1 Å². The first-order chi connectivity index (χ1) is 7.79. The van der Waals surface area contributed by atoms with Crippen LogP contribution in [0.1, 0.15) is 13.3 Å². The van der Waals surface area contributed by atoms with E-state index in [-0.39, 0.29) is 12.2 Å². The molecule has 0 amide bonds. The Labute approximate surface area is 106 Å². The zero-order valence-corrected chi connectivity index (χ0v) is 11.6. The molecule has 3 atom stereocenters. The molecule has 0 aliphatic heterocycles. The lowest BCUT2D eigenvalue weighted by atomic mass is 9.91. The van der Waals surface area contributed by atoms with Crippen LogP contribution < -0.4 is 0 Å². The molecule has 0 spiro atoms. The second kappa shape index (κ2) is 8.42. The standard InChI is InChI=1S/C11H21BrO4/c1-3-14-5-7-15-10-8-9(12)11(10)16-6-4-13-2/h9-11H,3-8H2,1-2H3. The number of methoxy groups -OCH3 is 1. The summed E-state index contributed by atoms with van der Waals surface area (Å²) in [5.74, 6) is 0. The first kappa shape index (κ1) is 14.4. The van der Waals surface area contributed by atoms with Crippen LogP contribution in [-0.2, 0) is 18.9 Å². The molecule has 0 aromatic carbocycles. The lowest BCUT2D eigenvalue weighted by Crippen LogP contribution is -2.51. The molecule has 1 rings (SSSR count). The summed E-state index contributed by atoms with van der Waals surface area (Å²) in [6.45, 7) is 5.26. The molecular formula is C11H21BrO4. The number of halogens is 1. The van der Waals surface area contributed by atoms with Gasteiger partial charge in [-0.3, -0.25) is 0 Å². The van der Waals surface area contributed by atoms with Gasteiger partial charge in [-0.25, -0.2) is 0 Å². The van der Waals surface area contributed by atoms with Crippen LogP contribution in [0.4, 0.5) is 0 Å². The summed E-state index contributed by atoms with van der Waals surface area (Å²) in [6.07, 6.45) is 1.35. The molecule has 0 N–H and O–H groups in total. The lowest BCUT2D eigenvalue weighted by molar-refractivity contribution is -0.133. The molecule has 4 nitrogen and oxygen atoms in total. The van der Waals surface area contributed by atoms with E-state index in [1.54, 1.807) is 7.11 Å². The maximum Gasteiger partial charge on any atom is 0.0963 e. The zero-order chi connectivity index (χ0) is 11.8. The van der Waals surface area contributed by atoms with Gasteiger partial charge in [0.2, 0.25) is 0 Å². The predicted octanol–water partition coefficient (Wildman–Crippen LogP) is 1.61. The van der Waals surface area contributed by atoms with Crippen molar-refractivity contribution < 1.29 is 18.9 Å². The largest absolute Gasteiger partial charge is 0.382 e. The fraction of sp³-hybridized carbons (Fsp3) is 1.00. The summed E-state index contributed by atoms with van der Waals surface area (Å²) in [7, 11) is 1.67. The Morgan fingerprint density at radius 2 is 1.88 bits per heavy atom. The van der Waals surface area contributed by atoms with Gasteiger partial charge >= 0.3 is 0 Å². The summed E-state index contributed by atoms with van der Waals surface area (Å²) in [6, 6.07) is 0. The van der Waals surface area contributed by atoms with Crippen LogP contribution in [0.3, 0.4) is 0 Å². The number of ether oxygens (including phenoxy) is 4. The van der Waals surface area contributed by atoms with Gasteiger partial charge in [0.1, 0.15) is 0 Å². The maximum atomic E-state index is 5.67. The topological polar surface area (TPSA) is 36.9 Å². The SMILES string of the molecule is CCOCCOC1CC(Br)C1OCCOC. The molecule has 0 heterocycles. The average molecular weight is 297 g/mol. The van der Waals surface area contributed by atoms with Gasteiger partial charge in [0, 0.05) is 18.5 Å². The third-order valence-corrected chi connectivity index (χ3v) is 3.44. The van der Waals surface area contributed by atoms with E-state index in [0.29, 0.717) is 31.3 Å². The molecule has 1 saturated carbocycles. The minimum absolute atomic E-state index is 0.150. The Morgan fingerprint density at radius 1 is 1.12 bits per heavy atom. The Morgan fingerprint density at radius 3 is 2.50 bits per heavy atom. The molecule has 1 fully saturated rings. The first-order valence-corrected chi connectivity index (χ1v) is 6.65. The van der Waals surface area contributed by atoms with E-state index >= 15 is 0 Å². The summed E-state index contributed by atoms with van der Waals surface area (Å²) in [5, 5.41) is 0. The van der Waals surface area contributed by atoms with Crippen LogP contribution >= 0.6 is 15.9 Å². The molecule has 16 heavy (non-hydrogen) atoms. The quantitative estimate of drug-likeness (QED) is 0.478. The Hall–Kier alpha value is 0.320. The Bertz CT molecular complexity index is 179. The van der Waals surface area contributed by atoms with Gasteiger partial charge in [0.25, 0.3) is 0 Å². The zero-order valence-electron chi connectivity index (χ0n) is 9.99. The van der Waals surface area contributed by atoms with Crippen LogP contribution in [0, 0.1) is 0 Å². The fourth-order valence-corrected chi connectivity index (χ4v) is 2.43. The second-order valence-corrected chi connectivity index (χ2v) is 4.86. The van der Waals surface area contributed by atoms with E-state index in [2.05, 4.69) is 15.9 Å². The van der Waals surface area contributed by atoms with Crippen LogP contribution in [0.2, 0.25) is 0 Å². The number of hydrogen-bond acceptors (Lipinski definition) is 4. The number of rotatable bonds is 9. The van der Waals surface area contributed by atoms with Crippen molar-refractivity contribution in [3.8, 4) is 0 Å². The average Bonchev–Trinajstić information content (AvgIpc) is 2.28. The molecule has 0 saturated heterocycles. The van der Waals surface area contributed by atoms with E-state index in [1.807, 2.05) is 6.92 Å². The van der Waals surface area contributed by atoms with Crippen LogP contribution in [-0.4, -0.2) is 57.2 Å². The maximum absolute atomic E-state index is 5.67. The molecule has 96 valence electrons. The van der Waals surface area contributed by atoms with Gasteiger partial charge in [0.15, 0.2) is 0 Å². The van der Waals surface area contributed by atoms with E-state index in [9.17, 15) is 0 Å². The minimum Gasteiger partial charge on any atom is -0.382 e. The number of alkyl halides is 1. The predicted molar refractivity (Wildman–Crippen MR) is 65.2 cm³/mol. The molecule has 3 unspecified atom stereocenters. The Balaban J connectivity index is 2.07. The third-order valence-electron chi connectivity index (χ3n) is 2.54. The van der Waals surface area contributed by atoms with Crippen molar-refractivity contribution in [2.24, 2.45) is 0 Å².